The maximum Gasteiger partial charge on any atom is 0.410 e. The second-order valence-electron chi connectivity index (χ2n) is 10.8. The van der Waals surface area contributed by atoms with E-state index in [1.165, 1.54) is 0 Å². The molecule has 0 saturated carbocycles. The Kier molecular flexibility index (Phi) is 7.52. The van der Waals surface area contributed by atoms with Crippen molar-refractivity contribution in [1.29, 1.82) is 0 Å². The summed E-state index contributed by atoms with van der Waals surface area (Å²) in [7, 11) is 0. The molecule has 0 unspecified atom stereocenters. The number of pyridine rings is 1. The van der Waals surface area contributed by atoms with Gasteiger partial charge < -0.3 is 20.7 Å². The van der Waals surface area contributed by atoms with Crippen molar-refractivity contribution in [2.24, 2.45) is 0 Å². The number of amides is 2. The first-order valence-corrected chi connectivity index (χ1v) is 12.7. The van der Waals surface area contributed by atoms with Crippen molar-refractivity contribution in [1.82, 2.24) is 19.7 Å². The first-order valence-electron chi connectivity index (χ1n) is 12.7. The Morgan fingerprint density at radius 1 is 1.11 bits per heavy atom. The molecule has 0 spiro atoms. The Bertz CT molecular complexity index is 1270. The predicted molar refractivity (Wildman–Crippen MR) is 144 cm³/mol. The number of rotatable bonds is 5. The number of likely N-dealkylation sites (tertiary alicyclic amines) is 1. The van der Waals surface area contributed by atoms with Crippen LogP contribution in [-0.4, -0.2) is 50.4 Å². The minimum absolute atomic E-state index is 0.171. The van der Waals surface area contributed by atoms with Crippen LogP contribution in [0.2, 0.25) is 0 Å². The van der Waals surface area contributed by atoms with E-state index < -0.39 is 5.60 Å². The van der Waals surface area contributed by atoms with Gasteiger partial charge >= 0.3 is 6.09 Å². The average Bonchev–Trinajstić information content (AvgIpc) is 3.34. The summed E-state index contributed by atoms with van der Waals surface area (Å²) in [5, 5.41) is 7.55. The van der Waals surface area contributed by atoms with Crippen molar-refractivity contribution >= 4 is 23.5 Å². The second kappa shape index (κ2) is 10.6. The number of anilines is 2. The number of piperidine rings is 1. The summed E-state index contributed by atoms with van der Waals surface area (Å²) in [5.74, 6) is 0.132. The first kappa shape index (κ1) is 26.2. The molecule has 2 aromatic heterocycles. The molecular formula is C28H36N6O3. The van der Waals surface area contributed by atoms with Gasteiger partial charge in [-0.25, -0.2) is 9.78 Å². The van der Waals surface area contributed by atoms with E-state index in [0.29, 0.717) is 18.7 Å². The normalized spacial score (nSPS) is 14.6. The molecule has 1 aromatic carbocycles. The molecule has 0 aliphatic carbocycles. The highest BCUT2D eigenvalue weighted by atomic mass is 16.6. The number of hydrogen-bond donors (Lipinski definition) is 2. The number of ether oxygens (including phenoxy) is 1. The van der Waals surface area contributed by atoms with E-state index in [9.17, 15) is 9.59 Å². The number of para-hydroxylation sites is 1. The van der Waals surface area contributed by atoms with E-state index in [4.69, 9.17) is 10.5 Å². The van der Waals surface area contributed by atoms with Gasteiger partial charge in [0.25, 0.3) is 5.91 Å². The van der Waals surface area contributed by atoms with Crippen molar-refractivity contribution < 1.29 is 14.3 Å². The third-order valence-corrected chi connectivity index (χ3v) is 6.42. The van der Waals surface area contributed by atoms with E-state index in [1.54, 1.807) is 23.4 Å². The zero-order valence-electron chi connectivity index (χ0n) is 22.2. The fraction of sp³-hybridized carbons (Fsp3) is 0.429. The molecule has 1 aliphatic rings. The number of aromatic nitrogens is 3. The van der Waals surface area contributed by atoms with Crippen molar-refractivity contribution in [3.63, 3.8) is 0 Å². The van der Waals surface area contributed by atoms with Gasteiger partial charge in [-0.3, -0.25) is 9.48 Å². The summed E-state index contributed by atoms with van der Waals surface area (Å²) in [5.41, 5.74) is 9.31. The summed E-state index contributed by atoms with van der Waals surface area (Å²) in [6.45, 7) is 11.0. The molecule has 9 heteroatoms. The maximum atomic E-state index is 13.1. The molecule has 3 aromatic rings. The number of carbonyl (C=O) groups excluding carboxylic acids is 2. The lowest BCUT2D eigenvalue weighted by atomic mass is 10.0. The molecule has 37 heavy (non-hydrogen) atoms. The number of hydrogen-bond acceptors (Lipinski definition) is 6. The largest absolute Gasteiger partial charge is 0.444 e. The maximum absolute atomic E-state index is 13.1. The summed E-state index contributed by atoms with van der Waals surface area (Å²) in [6, 6.07) is 9.67. The Morgan fingerprint density at radius 3 is 2.49 bits per heavy atom. The summed E-state index contributed by atoms with van der Waals surface area (Å²) in [4.78, 5) is 31.5. The molecular weight excluding hydrogens is 468 g/mol. The van der Waals surface area contributed by atoms with Crippen LogP contribution < -0.4 is 11.1 Å². The Balaban J connectivity index is 1.45. The average molecular weight is 505 g/mol. The van der Waals surface area contributed by atoms with Crippen molar-refractivity contribution in [2.45, 2.75) is 65.0 Å². The van der Waals surface area contributed by atoms with Crippen LogP contribution in [-0.2, 0) is 4.74 Å². The first-order chi connectivity index (χ1) is 17.5. The summed E-state index contributed by atoms with van der Waals surface area (Å²) in [6.07, 6.45) is 6.66. The monoisotopic (exact) mass is 504 g/mol. The van der Waals surface area contributed by atoms with Gasteiger partial charge in [0, 0.05) is 42.3 Å². The van der Waals surface area contributed by atoms with Crippen LogP contribution in [0.5, 0.6) is 0 Å². The highest BCUT2D eigenvalue weighted by Crippen LogP contribution is 2.29. The van der Waals surface area contributed by atoms with Gasteiger partial charge in [-0.1, -0.05) is 32.0 Å². The van der Waals surface area contributed by atoms with Gasteiger partial charge in [-0.05, 0) is 57.2 Å². The van der Waals surface area contributed by atoms with Gasteiger partial charge in [0.1, 0.15) is 11.4 Å². The molecule has 3 N–H and O–H groups in total. The van der Waals surface area contributed by atoms with Crippen molar-refractivity contribution in [3.8, 4) is 11.1 Å². The SMILES string of the molecule is CC(C)c1ccccc1NC(=O)c1cc(-c2cnn(C3CCN(C(=O)OC(C)(C)C)CC3)c2)cnc1N. The number of nitrogen functional groups attached to an aromatic ring is 1. The van der Waals surface area contributed by atoms with Crippen LogP contribution in [0.3, 0.4) is 0 Å². The molecule has 4 rings (SSSR count). The molecule has 0 atom stereocenters. The van der Waals surface area contributed by atoms with Crippen LogP contribution in [0.4, 0.5) is 16.3 Å². The third kappa shape index (κ3) is 6.28. The number of nitrogens with zero attached hydrogens (tertiary/aromatic N) is 4. The Hall–Kier alpha value is -3.88. The highest BCUT2D eigenvalue weighted by Gasteiger charge is 2.28. The minimum atomic E-state index is -0.508. The number of carbonyl (C=O) groups is 2. The van der Waals surface area contributed by atoms with Crippen molar-refractivity contribution in [2.75, 3.05) is 24.1 Å². The van der Waals surface area contributed by atoms with Crippen LogP contribution in [0.15, 0.2) is 48.9 Å². The molecule has 1 fully saturated rings. The van der Waals surface area contributed by atoms with E-state index in [1.807, 2.05) is 55.9 Å². The van der Waals surface area contributed by atoms with E-state index in [-0.39, 0.29) is 29.8 Å². The molecule has 0 bridgehead atoms. The van der Waals surface area contributed by atoms with Gasteiger partial charge in [0.05, 0.1) is 17.8 Å². The van der Waals surface area contributed by atoms with E-state index in [2.05, 4.69) is 29.2 Å². The smallest absolute Gasteiger partial charge is 0.410 e. The third-order valence-electron chi connectivity index (χ3n) is 6.42. The van der Waals surface area contributed by atoms with Crippen LogP contribution in [0.25, 0.3) is 11.1 Å². The van der Waals surface area contributed by atoms with E-state index >= 15 is 0 Å². The zero-order valence-corrected chi connectivity index (χ0v) is 22.2. The standard InChI is InChI=1S/C28H36N6O3/c1-18(2)22-8-6-7-9-24(22)32-26(35)23-14-19(15-30-25(23)29)20-16-31-34(17-20)21-10-12-33(13-11-21)27(36)37-28(3,4)5/h6-9,14-18,21H,10-13H2,1-5H3,(H2,29,30)(H,32,35). The fourth-order valence-corrected chi connectivity index (χ4v) is 4.45. The molecule has 0 radical (unpaired) electrons. The van der Waals surface area contributed by atoms with Crippen LogP contribution >= 0.6 is 0 Å². The zero-order chi connectivity index (χ0) is 26.7. The topological polar surface area (TPSA) is 115 Å². The summed E-state index contributed by atoms with van der Waals surface area (Å²) >= 11 is 0. The van der Waals surface area contributed by atoms with Crippen molar-refractivity contribution in [3.05, 3.63) is 60.0 Å². The molecule has 3 heterocycles. The lowest BCUT2D eigenvalue weighted by molar-refractivity contribution is 0.0184. The number of nitrogens with two attached hydrogens (primary N) is 1. The van der Waals surface area contributed by atoms with Crippen LogP contribution in [0, 0.1) is 0 Å². The molecule has 196 valence electrons. The van der Waals surface area contributed by atoms with Gasteiger partial charge in [-0.15, -0.1) is 0 Å². The van der Waals surface area contributed by atoms with Gasteiger partial charge in [0.15, 0.2) is 0 Å². The number of nitrogens with one attached hydrogen (secondary N) is 1. The number of benzene rings is 1. The van der Waals surface area contributed by atoms with Crippen LogP contribution in [0.1, 0.15) is 75.3 Å². The fourth-order valence-electron chi connectivity index (χ4n) is 4.45. The second-order valence-corrected chi connectivity index (χ2v) is 10.8. The quantitative estimate of drug-likeness (QED) is 0.476. The predicted octanol–water partition coefficient (Wildman–Crippen LogP) is 5.48. The van der Waals surface area contributed by atoms with E-state index in [0.717, 1.165) is 35.2 Å². The lowest BCUT2D eigenvalue weighted by Crippen LogP contribution is -2.42. The molecule has 2 amide bonds. The Morgan fingerprint density at radius 2 is 1.81 bits per heavy atom. The summed E-state index contributed by atoms with van der Waals surface area (Å²) < 4.78 is 7.42. The van der Waals surface area contributed by atoms with Gasteiger partial charge in [-0.2, -0.15) is 5.10 Å². The van der Waals surface area contributed by atoms with Gasteiger partial charge in [0.2, 0.25) is 0 Å². The lowest BCUT2D eigenvalue weighted by Gasteiger charge is -2.33. The molecule has 1 saturated heterocycles. The molecule has 9 nitrogen and oxygen atoms in total. The minimum Gasteiger partial charge on any atom is -0.444 e. The Labute approximate surface area is 218 Å². The highest BCUT2D eigenvalue weighted by molar-refractivity contribution is 6.08. The molecule has 1 aliphatic heterocycles.